The number of ether oxygens (including phenoxy) is 1. The number of aromatic nitrogens is 1. The topological polar surface area (TPSA) is 146 Å². The summed E-state index contributed by atoms with van der Waals surface area (Å²) in [5, 5.41) is 12.0. The number of aromatic amines is 1. The third-order valence-corrected chi connectivity index (χ3v) is 8.58. The van der Waals surface area contributed by atoms with Crippen LogP contribution in [0.5, 0.6) is 5.75 Å². The molecule has 0 aliphatic carbocycles. The van der Waals surface area contributed by atoms with Crippen LogP contribution in [0.1, 0.15) is 16.4 Å². The van der Waals surface area contributed by atoms with Crippen LogP contribution in [0, 0.1) is 5.92 Å². The average molecular weight is 560 g/mol. The SMILES string of the molecule is O=C(O)CN1C(=O)C2Sc3[nH]c(=O)sc3[C@H](c3cccc(OCC(=O)Nc4ccc(Cl)cc4)c3)C2C1=O. The highest BCUT2D eigenvalue weighted by molar-refractivity contribution is 8.00. The maximum absolute atomic E-state index is 13.2. The van der Waals surface area contributed by atoms with Crippen LogP contribution < -0.4 is 14.9 Å². The number of thiazole rings is 1. The van der Waals surface area contributed by atoms with Crippen molar-refractivity contribution in [1.29, 1.82) is 0 Å². The van der Waals surface area contributed by atoms with Crippen LogP contribution >= 0.6 is 34.7 Å². The molecule has 2 aromatic carbocycles. The molecule has 190 valence electrons. The lowest BCUT2D eigenvalue weighted by atomic mass is 9.83. The number of thioether (sulfide) groups is 1. The second kappa shape index (κ2) is 10.0. The molecule has 37 heavy (non-hydrogen) atoms. The Hall–Kier alpha value is -3.61. The standard InChI is InChI=1S/C24H18ClN3O7S2/c25-12-4-6-13(7-5-12)26-15(29)10-35-14-3-1-2-11(8-14)17-18-20(36-21-19(17)37-24(34)27-21)23(33)28(22(18)32)9-16(30)31/h1-8,17-18,20H,9-10H2,(H,26,29)(H,27,34)(H,30,31)/t17-,18?,20?/m1/s1. The Balaban J connectivity index is 1.40. The zero-order valence-electron chi connectivity index (χ0n) is 18.8. The highest BCUT2D eigenvalue weighted by Crippen LogP contribution is 2.52. The number of imide groups is 1. The van der Waals surface area contributed by atoms with Crippen LogP contribution in [-0.4, -0.2) is 57.1 Å². The Labute approximate surface area is 222 Å². The van der Waals surface area contributed by atoms with E-state index in [1.54, 1.807) is 48.5 Å². The Kier molecular flexibility index (Phi) is 6.80. The van der Waals surface area contributed by atoms with Crippen LogP contribution in [0.15, 0.2) is 58.4 Å². The fraction of sp³-hybridized carbons (Fsp3) is 0.208. The van der Waals surface area contributed by atoms with Crippen molar-refractivity contribution in [3.8, 4) is 5.75 Å². The van der Waals surface area contributed by atoms with E-state index in [9.17, 15) is 29.1 Å². The lowest BCUT2D eigenvalue weighted by molar-refractivity contribution is -0.149. The van der Waals surface area contributed by atoms with E-state index in [2.05, 4.69) is 10.3 Å². The summed E-state index contributed by atoms with van der Waals surface area (Å²) in [5.41, 5.74) is 1.16. The summed E-state index contributed by atoms with van der Waals surface area (Å²) in [5.74, 6) is -4.11. The number of halogens is 1. The first kappa shape index (κ1) is 25.1. The molecule has 0 saturated carbocycles. The summed E-state index contributed by atoms with van der Waals surface area (Å²) in [7, 11) is 0. The average Bonchev–Trinajstić information content (AvgIpc) is 3.34. The number of likely N-dealkylation sites (tertiary alicyclic amines) is 1. The molecule has 5 rings (SSSR count). The van der Waals surface area contributed by atoms with Gasteiger partial charge in [0.15, 0.2) is 6.61 Å². The van der Waals surface area contributed by atoms with Crippen LogP contribution in [-0.2, 0) is 19.2 Å². The van der Waals surface area contributed by atoms with Crippen molar-refractivity contribution in [1.82, 2.24) is 9.88 Å². The number of anilines is 1. The minimum absolute atomic E-state index is 0.287. The van der Waals surface area contributed by atoms with E-state index in [1.807, 2.05) is 0 Å². The van der Waals surface area contributed by atoms with Gasteiger partial charge in [-0.25, -0.2) is 0 Å². The first-order valence-electron chi connectivity index (χ1n) is 11.0. The van der Waals surface area contributed by atoms with Crippen molar-refractivity contribution < 1.29 is 29.0 Å². The molecule has 2 unspecified atom stereocenters. The van der Waals surface area contributed by atoms with Crippen molar-refractivity contribution >= 4 is 64.1 Å². The number of benzene rings is 2. The summed E-state index contributed by atoms with van der Waals surface area (Å²) in [6, 6.07) is 13.3. The fourth-order valence-corrected chi connectivity index (χ4v) is 7.06. The number of fused-ring (bicyclic) bond motifs is 2. The van der Waals surface area contributed by atoms with Crippen molar-refractivity contribution in [2.75, 3.05) is 18.5 Å². The Morgan fingerprint density at radius 3 is 2.59 bits per heavy atom. The van der Waals surface area contributed by atoms with E-state index in [-0.39, 0.29) is 11.5 Å². The molecule has 3 amide bonds. The van der Waals surface area contributed by atoms with Gasteiger partial charge in [-0.15, -0.1) is 0 Å². The Bertz CT molecular complexity index is 1470. The first-order chi connectivity index (χ1) is 17.7. The number of hydrogen-bond donors (Lipinski definition) is 3. The summed E-state index contributed by atoms with van der Waals surface area (Å²) in [6.07, 6.45) is 0. The molecule has 10 nitrogen and oxygen atoms in total. The molecular weight excluding hydrogens is 542 g/mol. The predicted octanol–water partition coefficient (Wildman–Crippen LogP) is 2.78. The second-order valence-electron chi connectivity index (χ2n) is 8.32. The molecule has 0 spiro atoms. The predicted molar refractivity (Wildman–Crippen MR) is 136 cm³/mol. The van der Waals surface area contributed by atoms with Gasteiger partial charge >= 0.3 is 10.8 Å². The Morgan fingerprint density at radius 1 is 1.11 bits per heavy atom. The number of nitrogens with zero attached hydrogens (tertiary/aromatic N) is 1. The third kappa shape index (κ3) is 4.99. The van der Waals surface area contributed by atoms with Gasteiger partial charge in [0.1, 0.15) is 17.5 Å². The van der Waals surface area contributed by atoms with Gasteiger partial charge in [-0.05, 0) is 42.0 Å². The molecule has 3 N–H and O–H groups in total. The maximum Gasteiger partial charge on any atom is 0.323 e. The molecule has 3 heterocycles. The van der Waals surface area contributed by atoms with Gasteiger partial charge in [0, 0.05) is 21.5 Å². The molecular formula is C24H18ClN3O7S2. The second-order valence-corrected chi connectivity index (χ2v) is 10.9. The zero-order valence-corrected chi connectivity index (χ0v) is 21.2. The van der Waals surface area contributed by atoms with E-state index in [0.717, 1.165) is 28.0 Å². The normalized spacial score (nSPS) is 20.4. The number of carbonyl (C=O) groups excluding carboxylic acids is 3. The summed E-state index contributed by atoms with van der Waals surface area (Å²) in [6.45, 7) is -1.01. The molecule has 1 fully saturated rings. The largest absolute Gasteiger partial charge is 0.484 e. The van der Waals surface area contributed by atoms with Crippen LogP contribution in [0.2, 0.25) is 5.02 Å². The van der Waals surface area contributed by atoms with Gasteiger partial charge in [0.2, 0.25) is 11.8 Å². The van der Waals surface area contributed by atoms with Crippen molar-refractivity contribution in [3.63, 3.8) is 0 Å². The highest BCUT2D eigenvalue weighted by atomic mass is 35.5. The summed E-state index contributed by atoms with van der Waals surface area (Å²) in [4.78, 5) is 65.7. The molecule has 1 saturated heterocycles. The monoisotopic (exact) mass is 559 g/mol. The van der Waals surface area contributed by atoms with Gasteiger partial charge in [-0.1, -0.05) is 46.8 Å². The van der Waals surface area contributed by atoms with Gasteiger partial charge in [-0.2, -0.15) is 0 Å². The highest BCUT2D eigenvalue weighted by Gasteiger charge is 2.56. The van der Waals surface area contributed by atoms with Crippen LogP contribution in [0.25, 0.3) is 0 Å². The Morgan fingerprint density at radius 2 is 1.86 bits per heavy atom. The van der Waals surface area contributed by atoms with E-state index < -0.39 is 47.3 Å². The minimum Gasteiger partial charge on any atom is -0.484 e. The minimum atomic E-state index is -1.29. The van der Waals surface area contributed by atoms with E-state index >= 15 is 0 Å². The van der Waals surface area contributed by atoms with Gasteiger partial charge in [0.25, 0.3) is 5.91 Å². The molecule has 13 heteroatoms. The number of carboxylic acid groups (broad SMARTS) is 1. The summed E-state index contributed by atoms with van der Waals surface area (Å²) >= 11 is 7.87. The molecule has 1 aromatic heterocycles. The first-order valence-corrected chi connectivity index (χ1v) is 13.0. The lowest BCUT2D eigenvalue weighted by Gasteiger charge is -2.30. The number of aliphatic carboxylic acids is 1. The molecule has 3 aromatic rings. The van der Waals surface area contributed by atoms with Crippen molar-refractivity contribution in [2.45, 2.75) is 16.2 Å². The number of carboxylic acids is 1. The molecule has 0 bridgehead atoms. The molecule has 2 aliphatic rings. The third-order valence-electron chi connectivity index (χ3n) is 5.92. The lowest BCUT2D eigenvalue weighted by Crippen LogP contribution is -2.36. The van der Waals surface area contributed by atoms with E-state index in [0.29, 0.717) is 31.9 Å². The number of amides is 3. The number of rotatable bonds is 7. The van der Waals surface area contributed by atoms with Crippen molar-refractivity contribution in [3.05, 3.63) is 73.7 Å². The van der Waals surface area contributed by atoms with Crippen LogP contribution in [0.4, 0.5) is 5.69 Å². The maximum atomic E-state index is 13.2. The molecule has 2 aliphatic heterocycles. The van der Waals surface area contributed by atoms with Gasteiger partial charge in [0.05, 0.1) is 10.9 Å². The number of hydrogen-bond acceptors (Lipinski definition) is 8. The number of H-pyrrole nitrogens is 1. The summed E-state index contributed by atoms with van der Waals surface area (Å²) < 4.78 is 5.67. The number of carbonyl (C=O) groups is 4. The van der Waals surface area contributed by atoms with E-state index in [1.165, 1.54) is 0 Å². The molecule has 3 atom stereocenters. The van der Waals surface area contributed by atoms with Crippen LogP contribution in [0.3, 0.4) is 0 Å². The smallest absolute Gasteiger partial charge is 0.323 e. The van der Waals surface area contributed by atoms with Crippen molar-refractivity contribution in [2.24, 2.45) is 5.92 Å². The fourth-order valence-electron chi connectivity index (χ4n) is 4.40. The van der Waals surface area contributed by atoms with Gasteiger partial charge in [-0.3, -0.25) is 28.9 Å². The number of nitrogens with one attached hydrogen (secondary N) is 2. The quantitative estimate of drug-likeness (QED) is 0.375. The zero-order chi connectivity index (χ0) is 26.3. The molecule has 0 radical (unpaired) electrons. The van der Waals surface area contributed by atoms with E-state index in [4.69, 9.17) is 16.3 Å². The van der Waals surface area contributed by atoms with Gasteiger partial charge < -0.3 is 20.1 Å².